The largest absolute Gasteiger partial charge is 0.419 e. The zero-order valence-electron chi connectivity index (χ0n) is 15.3. The minimum absolute atomic E-state index is 0.00618. The monoisotopic (exact) mass is 476 g/mol. The number of carbonyl (C=O) groups excluding carboxylic acids is 1. The molecule has 0 spiro atoms. The van der Waals surface area contributed by atoms with Crippen molar-refractivity contribution in [1.29, 1.82) is 0 Å². The number of rotatable bonds is 5. The van der Waals surface area contributed by atoms with E-state index in [4.69, 9.17) is 22.5 Å². The Bertz CT molecular complexity index is 1280. The van der Waals surface area contributed by atoms with E-state index in [-0.39, 0.29) is 21.8 Å². The summed E-state index contributed by atoms with van der Waals surface area (Å²) < 4.78 is 77.3. The number of aromatic nitrogens is 2. The van der Waals surface area contributed by atoms with E-state index < -0.39 is 44.3 Å². The Balaban J connectivity index is 2.21. The standard InChI is InChI=1S/C18H13ClF4N4O3S/c19-13-3-2-11(20)6-12(13)16(17(24)28)9-1-4-14(15(5-9)31(25,29)30)27-8-10(7-26-27)18(21,22)23/h1-8,16H,(H2,24,28)(H2,25,29,30). The number of primary amides is 1. The van der Waals surface area contributed by atoms with Gasteiger partial charge in [-0.2, -0.15) is 18.3 Å². The number of nitrogens with zero attached hydrogens (tertiary/aromatic N) is 2. The van der Waals surface area contributed by atoms with Crippen molar-refractivity contribution in [2.75, 3.05) is 0 Å². The highest BCUT2D eigenvalue weighted by Gasteiger charge is 2.33. The topological polar surface area (TPSA) is 121 Å². The highest BCUT2D eigenvalue weighted by molar-refractivity contribution is 7.89. The molecule has 7 nitrogen and oxygen atoms in total. The molecule has 0 saturated carbocycles. The Morgan fingerprint density at radius 1 is 1.16 bits per heavy atom. The molecule has 1 atom stereocenters. The molecule has 3 aromatic rings. The third-order valence-corrected chi connectivity index (χ3v) is 5.62. The molecule has 0 fully saturated rings. The number of hydrogen-bond acceptors (Lipinski definition) is 4. The van der Waals surface area contributed by atoms with Gasteiger partial charge in [-0.1, -0.05) is 17.7 Å². The van der Waals surface area contributed by atoms with Crippen LogP contribution in [0.2, 0.25) is 5.02 Å². The molecule has 164 valence electrons. The predicted octanol–water partition coefficient (Wildman–Crippen LogP) is 2.95. The molecule has 0 aliphatic carbocycles. The molecule has 1 amide bonds. The van der Waals surface area contributed by atoms with E-state index in [1.165, 1.54) is 12.1 Å². The molecule has 0 saturated heterocycles. The molecule has 31 heavy (non-hydrogen) atoms. The van der Waals surface area contributed by atoms with Crippen LogP contribution in [0.15, 0.2) is 53.7 Å². The number of sulfonamides is 1. The van der Waals surface area contributed by atoms with Gasteiger partial charge < -0.3 is 5.73 Å². The zero-order valence-corrected chi connectivity index (χ0v) is 16.8. The SMILES string of the molecule is NC(=O)C(c1ccc(-n2cc(C(F)(F)F)cn2)c(S(N)(=O)=O)c1)c1cc(F)ccc1Cl. The highest BCUT2D eigenvalue weighted by Crippen LogP contribution is 2.34. The maximum absolute atomic E-state index is 13.7. The maximum Gasteiger partial charge on any atom is 0.419 e. The Morgan fingerprint density at radius 3 is 2.39 bits per heavy atom. The fourth-order valence-electron chi connectivity index (χ4n) is 2.96. The third kappa shape index (κ3) is 4.70. The summed E-state index contributed by atoms with van der Waals surface area (Å²) in [5.41, 5.74) is 3.98. The summed E-state index contributed by atoms with van der Waals surface area (Å²) in [6.45, 7) is 0. The van der Waals surface area contributed by atoms with E-state index in [0.717, 1.165) is 24.3 Å². The number of amides is 1. The predicted molar refractivity (Wildman–Crippen MR) is 102 cm³/mol. The van der Waals surface area contributed by atoms with Crippen LogP contribution in [0.1, 0.15) is 22.6 Å². The van der Waals surface area contributed by atoms with Crippen LogP contribution in [0, 0.1) is 5.82 Å². The van der Waals surface area contributed by atoms with E-state index in [2.05, 4.69) is 5.10 Å². The Hall–Kier alpha value is -2.96. The second kappa shape index (κ2) is 7.94. The molecule has 1 heterocycles. The zero-order chi connectivity index (χ0) is 23.1. The van der Waals surface area contributed by atoms with Crippen LogP contribution >= 0.6 is 11.6 Å². The van der Waals surface area contributed by atoms with Crippen molar-refractivity contribution < 1.29 is 30.8 Å². The average Bonchev–Trinajstić information content (AvgIpc) is 3.14. The summed E-state index contributed by atoms with van der Waals surface area (Å²) in [4.78, 5) is 11.5. The van der Waals surface area contributed by atoms with Crippen molar-refractivity contribution in [2.24, 2.45) is 10.9 Å². The second-order valence-corrected chi connectivity index (χ2v) is 8.38. The number of primary sulfonamides is 1. The molecule has 0 aliphatic rings. The van der Waals surface area contributed by atoms with Crippen LogP contribution < -0.4 is 10.9 Å². The van der Waals surface area contributed by atoms with Crippen molar-refractivity contribution >= 4 is 27.5 Å². The van der Waals surface area contributed by atoms with Crippen LogP contribution in [0.3, 0.4) is 0 Å². The number of hydrogen-bond donors (Lipinski definition) is 2. The van der Waals surface area contributed by atoms with Gasteiger partial charge in [-0.05, 0) is 41.5 Å². The molecule has 2 aromatic carbocycles. The van der Waals surface area contributed by atoms with E-state index in [9.17, 15) is 30.8 Å². The van der Waals surface area contributed by atoms with Crippen LogP contribution in [0.5, 0.6) is 0 Å². The smallest absolute Gasteiger partial charge is 0.369 e. The van der Waals surface area contributed by atoms with Crippen molar-refractivity contribution in [1.82, 2.24) is 9.78 Å². The molecule has 0 bridgehead atoms. The lowest BCUT2D eigenvalue weighted by atomic mass is 9.90. The van der Waals surface area contributed by atoms with E-state index in [1.54, 1.807) is 0 Å². The summed E-state index contributed by atoms with van der Waals surface area (Å²) in [5, 5.41) is 8.76. The molecular weight excluding hydrogens is 464 g/mol. The average molecular weight is 477 g/mol. The van der Waals surface area contributed by atoms with Crippen LogP contribution in [-0.4, -0.2) is 24.1 Å². The van der Waals surface area contributed by atoms with Gasteiger partial charge in [0.1, 0.15) is 10.7 Å². The molecule has 4 N–H and O–H groups in total. The first kappa shape index (κ1) is 22.7. The molecular formula is C18H13ClF4N4O3S. The molecule has 1 unspecified atom stereocenters. The molecule has 0 radical (unpaired) electrons. The summed E-state index contributed by atoms with van der Waals surface area (Å²) in [6, 6.07) is 6.50. The third-order valence-electron chi connectivity index (χ3n) is 4.33. The molecule has 0 aliphatic heterocycles. The fraction of sp³-hybridized carbons (Fsp3) is 0.111. The maximum atomic E-state index is 13.7. The lowest BCUT2D eigenvalue weighted by Crippen LogP contribution is -2.24. The number of halogens is 5. The van der Waals surface area contributed by atoms with Crippen LogP contribution in [-0.2, 0) is 21.0 Å². The lowest BCUT2D eigenvalue weighted by molar-refractivity contribution is -0.137. The number of benzene rings is 2. The lowest BCUT2D eigenvalue weighted by Gasteiger charge is -2.18. The van der Waals surface area contributed by atoms with Gasteiger partial charge in [0.2, 0.25) is 15.9 Å². The summed E-state index contributed by atoms with van der Waals surface area (Å²) in [5.74, 6) is -3.05. The van der Waals surface area contributed by atoms with E-state index >= 15 is 0 Å². The normalized spacial score (nSPS) is 13.2. The highest BCUT2D eigenvalue weighted by atomic mass is 35.5. The molecule has 3 rings (SSSR count). The minimum Gasteiger partial charge on any atom is -0.369 e. The summed E-state index contributed by atoms with van der Waals surface area (Å²) in [6.07, 6.45) is -3.61. The first-order valence-electron chi connectivity index (χ1n) is 8.32. The minimum atomic E-state index is -4.70. The van der Waals surface area contributed by atoms with Crippen molar-refractivity contribution in [2.45, 2.75) is 17.0 Å². The van der Waals surface area contributed by atoms with Gasteiger partial charge in [-0.25, -0.2) is 22.6 Å². The van der Waals surface area contributed by atoms with Gasteiger partial charge in [-0.15, -0.1) is 0 Å². The number of alkyl halides is 3. The van der Waals surface area contributed by atoms with E-state index in [0.29, 0.717) is 17.1 Å². The summed E-state index contributed by atoms with van der Waals surface area (Å²) >= 11 is 6.05. The quantitative estimate of drug-likeness (QED) is 0.550. The van der Waals surface area contributed by atoms with Gasteiger partial charge in [0, 0.05) is 11.2 Å². The second-order valence-electron chi connectivity index (χ2n) is 6.44. The Morgan fingerprint density at radius 2 is 1.84 bits per heavy atom. The number of carbonyl (C=O) groups is 1. The van der Waals surface area contributed by atoms with E-state index in [1.807, 2.05) is 0 Å². The first-order chi connectivity index (χ1) is 14.3. The number of nitrogens with two attached hydrogens (primary N) is 2. The van der Waals surface area contributed by atoms with Gasteiger partial charge >= 0.3 is 6.18 Å². The summed E-state index contributed by atoms with van der Waals surface area (Å²) in [7, 11) is -4.49. The van der Waals surface area contributed by atoms with Gasteiger partial charge in [-0.3, -0.25) is 4.79 Å². The fourth-order valence-corrected chi connectivity index (χ4v) is 3.94. The first-order valence-corrected chi connectivity index (χ1v) is 10.2. The van der Waals surface area contributed by atoms with Crippen molar-refractivity contribution in [3.63, 3.8) is 0 Å². The van der Waals surface area contributed by atoms with Gasteiger partial charge in [0.25, 0.3) is 0 Å². The van der Waals surface area contributed by atoms with Gasteiger partial charge in [0.15, 0.2) is 0 Å². The van der Waals surface area contributed by atoms with Crippen molar-refractivity contribution in [3.05, 3.63) is 76.3 Å². The van der Waals surface area contributed by atoms with Gasteiger partial charge in [0.05, 0.1) is 23.4 Å². The van der Waals surface area contributed by atoms with Crippen LogP contribution in [0.25, 0.3) is 5.69 Å². The molecule has 1 aromatic heterocycles. The Kier molecular flexibility index (Phi) is 5.82. The van der Waals surface area contributed by atoms with Crippen molar-refractivity contribution in [3.8, 4) is 5.69 Å². The molecule has 13 heteroatoms. The Labute approximate surface area is 178 Å². The van der Waals surface area contributed by atoms with Crippen LogP contribution in [0.4, 0.5) is 17.6 Å².